The van der Waals surface area contributed by atoms with Gasteiger partial charge >= 0.3 is 0 Å². The van der Waals surface area contributed by atoms with Crippen LogP contribution in [0.5, 0.6) is 0 Å². The van der Waals surface area contributed by atoms with Crippen LogP contribution in [0.4, 0.5) is 13.2 Å². The average Bonchev–Trinajstić information content (AvgIpc) is 3.59. The maximum Gasteiger partial charge on any atom is 0.194 e. The molecule has 2 N–H and O–H groups in total. The summed E-state index contributed by atoms with van der Waals surface area (Å²) in [5, 5.41) is 31.8. The van der Waals surface area contributed by atoms with Gasteiger partial charge in [0, 0.05) is 33.4 Å². The highest BCUT2D eigenvalue weighted by Crippen LogP contribution is 2.31. The number of pyridine rings is 1. The molecular weight excluding hydrogens is 607 g/mol. The van der Waals surface area contributed by atoms with E-state index in [2.05, 4.69) is 36.4 Å². The Bertz CT molecular complexity index is 1340. The molecule has 0 bridgehead atoms. The summed E-state index contributed by atoms with van der Waals surface area (Å²) in [6, 6.07) is 5.07. The highest BCUT2D eigenvalue weighted by atomic mass is 79.9. The Morgan fingerprint density at radius 1 is 1.15 bits per heavy atom. The van der Waals surface area contributed by atoms with Gasteiger partial charge in [-0.2, -0.15) is 0 Å². The van der Waals surface area contributed by atoms with Crippen LogP contribution in [0.25, 0.3) is 11.3 Å². The number of aliphatic hydroxyl groups excluding tert-OH is 2. The number of halogens is 4. The van der Waals surface area contributed by atoms with Gasteiger partial charge in [0.15, 0.2) is 17.5 Å². The number of rotatable bonds is 13. The third-order valence-corrected chi connectivity index (χ3v) is 6.96. The van der Waals surface area contributed by atoms with Gasteiger partial charge in [0.05, 0.1) is 32.1 Å². The van der Waals surface area contributed by atoms with Crippen molar-refractivity contribution in [2.75, 3.05) is 6.61 Å². The third kappa shape index (κ3) is 7.86. The molecule has 3 aromatic heterocycles. The molecule has 15 heteroatoms. The molecule has 3 heterocycles. The molecule has 0 amide bonds. The lowest BCUT2D eigenvalue weighted by Gasteiger charge is -2.31. The van der Waals surface area contributed by atoms with Crippen LogP contribution in [-0.4, -0.2) is 65.7 Å². The molecular formula is C24H23BrF3N5O5S. The smallest absolute Gasteiger partial charge is 0.194 e. The minimum absolute atomic E-state index is 0.00505. The second kappa shape index (κ2) is 13.5. The second-order valence-corrected chi connectivity index (χ2v) is 10.4. The SMILES string of the molecule is C[C@@H](O)C(CO)OC(Sc1cncc(Br)c1)[C@H](Cn1cc(-c2cc(F)c(F)c(F)c2)nn1)OCc1ccon1. The van der Waals surface area contributed by atoms with Gasteiger partial charge in [0.1, 0.15) is 35.3 Å². The molecule has 10 nitrogen and oxygen atoms in total. The Labute approximate surface area is 233 Å². The van der Waals surface area contributed by atoms with E-state index in [9.17, 15) is 23.4 Å². The molecule has 0 saturated carbocycles. The average molecular weight is 630 g/mol. The van der Waals surface area contributed by atoms with Crippen molar-refractivity contribution in [3.63, 3.8) is 0 Å². The summed E-state index contributed by atoms with van der Waals surface area (Å²) in [7, 11) is 0. The van der Waals surface area contributed by atoms with Crippen LogP contribution < -0.4 is 0 Å². The standard InChI is InChI=1S/C24H23BrF3N5O5S/c1-13(35)22(11-34)38-24(39-17-6-15(25)7-29-8-17)21(36-12-16-2-3-37-31-16)10-33-9-20(30-32-33)14-4-18(26)23(28)19(27)5-14/h2-9,13,21-22,24,34-35H,10-12H2,1H3/t13-,21+,22?,24?/m1/s1. The van der Waals surface area contributed by atoms with Crippen LogP contribution in [0.1, 0.15) is 12.6 Å². The maximum absolute atomic E-state index is 13.8. The van der Waals surface area contributed by atoms with Gasteiger partial charge in [0.25, 0.3) is 0 Å². The molecule has 0 spiro atoms. The first kappa shape index (κ1) is 29.2. The minimum Gasteiger partial charge on any atom is -0.394 e. The predicted octanol–water partition coefficient (Wildman–Crippen LogP) is 3.97. The number of aliphatic hydroxyl groups is 2. The summed E-state index contributed by atoms with van der Waals surface area (Å²) in [4.78, 5) is 4.86. The first-order chi connectivity index (χ1) is 18.7. The van der Waals surface area contributed by atoms with Crippen molar-refractivity contribution in [1.82, 2.24) is 25.1 Å². The van der Waals surface area contributed by atoms with Crippen LogP contribution >= 0.6 is 27.7 Å². The fourth-order valence-corrected chi connectivity index (χ4v) is 5.01. The monoisotopic (exact) mass is 629 g/mol. The zero-order chi connectivity index (χ0) is 27.9. The predicted molar refractivity (Wildman–Crippen MR) is 136 cm³/mol. The number of thioether (sulfide) groups is 1. The molecule has 4 aromatic rings. The topological polar surface area (TPSA) is 129 Å². The zero-order valence-electron chi connectivity index (χ0n) is 20.3. The molecule has 2 unspecified atom stereocenters. The summed E-state index contributed by atoms with van der Waals surface area (Å²) >= 11 is 4.61. The van der Waals surface area contributed by atoms with E-state index < -0.39 is 47.8 Å². The van der Waals surface area contributed by atoms with Gasteiger partial charge in [-0.1, -0.05) is 22.1 Å². The van der Waals surface area contributed by atoms with Crippen LogP contribution in [0.3, 0.4) is 0 Å². The van der Waals surface area contributed by atoms with Crippen LogP contribution in [0.15, 0.2) is 63.0 Å². The normalized spacial score (nSPS) is 14.7. The molecule has 0 aliphatic rings. The Kier molecular flexibility index (Phi) is 10.1. The Hall–Kier alpha value is -2.82. The van der Waals surface area contributed by atoms with Crippen molar-refractivity contribution in [2.45, 2.75) is 48.7 Å². The highest BCUT2D eigenvalue weighted by Gasteiger charge is 2.31. The fraction of sp³-hybridized carbons (Fsp3) is 0.333. The van der Waals surface area contributed by atoms with Crippen molar-refractivity contribution in [3.8, 4) is 11.3 Å². The van der Waals surface area contributed by atoms with Crippen molar-refractivity contribution in [1.29, 1.82) is 0 Å². The van der Waals surface area contributed by atoms with Crippen LogP contribution in [0, 0.1) is 17.5 Å². The van der Waals surface area contributed by atoms with E-state index in [1.54, 1.807) is 18.5 Å². The van der Waals surface area contributed by atoms with Crippen LogP contribution in [-0.2, 0) is 22.6 Å². The maximum atomic E-state index is 13.8. The summed E-state index contributed by atoms with van der Waals surface area (Å²) in [5.41, 5.74) is -0.233. The lowest BCUT2D eigenvalue weighted by molar-refractivity contribution is -0.116. The van der Waals surface area contributed by atoms with Gasteiger partial charge in [-0.05, 0) is 41.1 Å². The molecule has 0 aliphatic carbocycles. The summed E-state index contributed by atoms with van der Waals surface area (Å²) in [6.07, 6.45) is 3.29. The number of ether oxygens (including phenoxy) is 2. The van der Waals surface area contributed by atoms with E-state index in [0.717, 1.165) is 16.6 Å². The molecule has 208 valence electrons. The first-order valence-corrected chi connectivity index (χ1v) is 13.2. The Morgan fingerprint density at radius 3 is 2.56 bits per heavy atom. The minimum atomic E-state index is -1.58. The van der Waals surface area contributed by atoms with Gasteiger partial charge in [-0.15, -0.1) is 5.10 Å². The number of aromatic nitrogens is 5. The lowest BCUT2D eigenvalue weighted by atomic mass is 10.1. The highest BCUT2D eigenvalue weighted by molar-refractivity contribution is 9.10. The first-order valence-electron chi connectivity index (χ1n) is 11.5. The Morgan fingerprint density at radius 2 is 1.92 bits per heavy atom. The second-order valence-electron chi connectivity index (χ2n) is 8.34. The number of hydrogen-bond acceptors (Lipinski definition) is 10. The van der Waals surface area contributed by atoms with E-state index in [-0.39, 0.29) is 24.4 Å². The quantitative estimate of drug-likeness (QED) is 0.127. The molecule has 1 aromatic carbocycles. The third-order valence-electron chi connectivity index (χ3n) is 5.38. The molecule has 39 heavy (non-hydrogen) atoms. The van der Waals surface area contributed by atoms with Crippen molar-refractivity contribution < 1.29 is 37.4 Å². The van der Waals surface area contributed by atoms with Crippen LogP contribution in [0.2, 0.25) is 0 Å². The zero-order valence-corrected chi connectivity index (χ0v) is 22.7. The fourth-order valence-electron chi connectivity index (χ4n) is 3.39. The van der Waals surface area contributed by atoms with Gasteiger partial charge in [-0.25, -0.2) is 17.9 Å². The largest absolute Gasteiger partial charge is 0.394 e. The van der Waals surface area contributed by atoms with E-state index in [1.807, 2.05) is 6.07 Å². The van der Waals surface area contributed by atoms with Gasteiger partial charge in [-0.3, -0.25) is 4.98 Å². The van der Waals surface area contributed by atoms with Gasteiger partial charge in [0.2, 0.25) is 0 Å². The van der Waals surface area contributed by atoms with E-state index in [0.29, 0.717) is 10.6 Å². The lowest BCUT2D eigenvalue weighted by Crippen LogP contribution is -2.40. The van der Waals surface area contributed by atoms with Crippen molar-refractivity contribution in [2.24, 2.45) is 0 Å². The molecule has 4 rings (SSSR count). The summed E-state index contributed by atoms with van der Waals surface area (Å²) in [5.74, 6) is -4.29. The number of hydrogen-bond donors (Lipinski definition) is 2. The molecule has 4 atom stereocenters. The molecule has 0 saturated heterocycles. The van der Waals surface area contributed by atoms with Crippen molar-refractivity contribution >= 4 is 27.7 Å². The summed E-state index contributed by atoms with van der Waals surface area (Å²) in [6.45, 7) is 1.07. The number of benzene rings is 1. The molecule has 0 fully saturated rings. The van der Waals surface area contributed by atoms with Crippen molar-refractivity contribution in [3.05, 3.63) is 76.7 Å². The summed E-state index contributed by atoms with van der Waals surface area (Å²) < 4.78 is 60.1. The number of nitrogens with zero attached hydrogens (tertiary/aromatic N) is 5. The van der Waals surface area contributed by atoms with Gasteiger partial charge < -0.3 is 24.2 Å². The van der Waals surface area contributed by atoms with E-state index in [1.165, 1.54) is 35.8 Å². The van der Waals surface area contributed by atoms with E-state index >= 15 is 0 Å². The molecule has 0 radical (unpaired) electrons. The van der Waals surface area contributed by atoms with E-state index in [4.69, 9.17) is 14.0 Å². The molecule has 0 aliphatic heterocycles. The Balaban J connectivity index is 1.63.